The first-order valence-electron chi connectivity index (χ1n) is 5.43. The summed E-state index contributed by atoms with van der Waals surface area (Å²) in [5.74, 6) is 1.88. The van der Waals surface area contributed by atoms with Crippen molar-refractivity contribution in [1.82, 2.24) is 5.32 Å². The van der Waals surface area contributed by atoms with Crippen LogP contribution in [0.5, 0.6) is 5.75 Å². The fraction of sp³-hybridized carbons (Fsp3) is 0.500. The van der Waals surface area contributed by atoms with Crippen LogP contribution in [0.15, 0.2) is 23.1 Å². The largest absolute Gasteiger partial charge is 0.496 e. The summed E-state index contributed by atoms with van der Waals surface area (Å²) < 4.78 is 5.28. The van der Waals surface area contributed by atoms with Gasteiger partial charge >= 0.3 is 0 Å². The first kappa shape index (κ1) is 13.2. The molecular formula is C12H20N2OS. The maximum atomic E-state index is 5.70. The lowest BCUT2D eigenvalue weighted by molar-refractivity contribution is 0.405. The van der Waals surface area contributed by atoms with Crippen molar-refractivity contribution in [3.05, 3.63) is 18.2 Å². The minimum Gasteiger partial charge on any atom is -0.496 e. The van der Waals surface area contributed by atoms with Crippen LogP contribution in [0.4, 0.5) is 5.69 Å². The fourth-order valence-corrected chi connectivity index (χ4v) is 2.20. The first-order valence-corrected chi connectivity index (χ1v) is 6.41. The van der Waals surface area contributed by atoms with Gasteiger partial charge in [-0.25, -0.2) is 0 Å². The third-order valence-electron chi connectivity index (χ3n) is 2.10. The molecule has 1 rings (SSSR count). The molecule has 0 aliphatic rings. The molecule has 0 aliphatic heterocycles. The van der Waals surface area contributed by atoms with E-state index >= 15 is 0 Å². The topological polar surface area (TPSA) is 47.3 Å². The highest BCUT2D eigenvalue weighted by Crippen LogP contribution is 2.30. The van der Waals surface area contributed by atoms with Gasteiger partial charge in [-0.15, -0.1) is 11.8 Å². The molecule has 4 heteroatoms. The number of nitrogens with one attached hydrogen (secondary N) is 1. The van der Waals surface area contributed by atoms with Crippen LogP contribution in [-0.2, 0) is 0 Å². The average Bonchev–Trinajstić information content (AvgIpc) is 2.25. The molecule has 0 saturated heterocycles. The Morgan fingerprint density at radius 1 is 1.44 bits per heavy atom. The summed E-state index contributed by atoms with van der Waals surface area (Å²) >= 11 is 1.78. The van der Waals surface area contributed by atoms with Crippen molar-refractivity contribution in [1.29, 1.82) is 0 Å². The van der Waals surface area contributed by atoms with E-state index in [-0.39, 0.29) is 0 Å². The Balaban J connectivity index is 2.47. The van der Waals surface area contributed by atoms with E-state index in [0.29, 0.717) is 6.04 Å². The molecule has 0 radical (unpaired) electrons. The van der Waals surface area contributed by atoms with Gasteiger partial charge in [0.25, 0.3) is 0 Å². The molecule has 0 heterocycles. The number of ether oxygens (including phenoxy) is 1. The van der Waals surface area contributed by atoms with E-state index in [1.807, 2.05) is 18.2 Å². The fourth-order valence-electron chi connectivity index (χ4n) is 1.31. The lowest BCUT2D eigenvalue weighted by Gasteiger charge is -2.10. The van der Waals surface area contributed by atoms with Crippen molar-refractivity contribution in [3.8, 4) is 5.75 Å². The maximum absolute atomic E-state index is 5.70. The molecule has 0 bridgehead atoms. The second kappa shape index (κ2) is 6.66. The van der Waals surface area contributed by atoms with Crippen molar-refractivity contribution >= 4 is 17.4 Å². The van der Waals surface area contributed by atoms with Crippen LogP contribution in [0.25, 0.3) is 0 Å². The lowest BCUT2D eigenvalue weighted by Crippen LogP contribution is -2.24. The zero-order valence-electron chi connectivity index (χ0n) is 10.1. The van der Waals surface area contributed by atoms with Gasteiger partial charge in [0, 0.05) is 35.0 Å². The van der Waals surface area contributed by atoms with Crippen molar-refractivity contribution in [3.63, 3.8) is 0 Å². The molecule has 1 aromatic rings. The Hall–Kier alpha value is -0.870. The molecule has 0 fully saturated rings. The summed E-state index contributed by atoms with van der Waals surface area (Å²) in [5, 5.41) is 3.38. The molecule has 0 aliphatic carbocycles. The third-order valence-corrected chi connectivity index (χ3v) is 3.16. The molecule has 0 spiro atoms. The molecule has 3 N–H and O–H groups in total. The zero-order chi connectivity index (χ0) is 12.0. The van der Waals surface area contributed by atoms with Crippen LogP contribution in [0.3, 0.4) is 0 Å². The van der Waals surface area contributed by atoms with Crippen molar-refractivity contribution in [2.45, 2.75) is 24.8 Å². The van der Waals surface area contributed by atoms with Crippen LogP contribution < -0.4 is 15.8 Å². The summed E-state index contributed by atoms with van der Waals surface area (Å²) in [6.45, 7) is 5.29. The highest BCUT2D eigenvalue weighted by molar-refractivity contribution is 7.99. The van der Waals surface area contributed by atoms with Gasteiger partial charge in [0.15, 0.2) is 0 Å². The second-order valence-corrected chi connectivity index (χ2v) is 5.00. The maximum Gasteiger partial charge on any atom is 0.134 e. The average molecular weight is 240 g/mol. The van der Waals surface area contributed by atoms with Gasteiger partial charge in [-0.1, -0.05) is 13.8 Å². The summed E-state index contributed by atoms with van der Waals surface area (Å²) in [7, 11) is 1.67. The minimum atomic E-state index is 0.536. The summed E-state index contributed by atoms with van der Waals surface area (Å²) in [6.07, 6.45) is 0. The lowest BCUT2D eigenvalue weighted by atomic mass is 10.3. The quantitative estimate of drug-likeness (QED) is 0.455. The Morgan fingerprint density at radius 3 is 2.81 bits per heavy atom. The van der Waals surface area contributed by atoms with Crippen molar-refractivity contribution in [2.24, 2.45) is 0 Å². The van der Waals surface area contributed by atoms with E-state index in [0.717, 1.165) is 28.6 Å². The van der Waals surface area contributed by atoms with E-state index in [4.69, 9.17) is 10.5 Å². The van der Waals surface area contributed by atoms with E-state index in [1.54, 1.807) is 18.9 Å². The van der Waals surface area contributed by atoms with Crippen LogP contribution in [0, 0.1) is 0 Å². The van der Waals surface area contributed by atoms with Crippen molar-refractivity contribution < 1.29 is 4.74 Å². The standard InChI is InChI=1S/C12H20N2OS/c1-9(2)14-6-7-16-12-5-4-10(13)8-11(12)15-3/h4-5,8-9,14H,6-7,13H2,1-3H3. The second-order valence-electron chi connectivity index (χ2n) is 3.87. The number of nitrogens with two attached hydrogens (primary N) is 1. The summed E-state index contributed by atoms with van der Waals surface area (Å²) in [4.78, 5) is 1.14. The third kappa shape index (κ3) is 4.33. The number of hydrogen-bond donors (Lipinski definition) is 2. The summed E-state index contributed by atoms with van der Waals surface area (Å²) in [6, 6.07) is 6.31. The Bertz CT molecular complexity index is 329. The van der Waals surface area contributed by atoms with Gasteiger partial charge in [-0.2, -0.15) is 0 Å². The number of rotatable bonds is 6. The normalized spacial score (nSPS) is 10.8. The Labute approximate surface area is 102 Å². The SMILES string of the molecule is COc1cc(N)ccc1SCCNC(C)C. The van der Waals surface area contributed by atoms with Crippen molar-refractivity contribution in [2.75, 3.05) is 25.1 Å². The zero-order valence-corrected chi connectivity index (χ0v) is 10.9. The predicted octanol–water partition coefficient (Wildman–Crippen LogP) is 2.37. The first-order chi connectivity index (χ1) is 7.63. The number of hydrogen-bond acceptors (Lipinski definition) is 4. The number of anilines is 1. The Kier molecular flexibility index (Phi) is 5.49. The minimum absolute atomic E-state index is 0.536. The van der Waals surface area contributed by atoms with Crippen LogP contribution in [0.1, 0.15) is 13.8 Å². The highest BCUT2D eigenvalue weighted by Gasteiger charge is 2.03. The predicted molar refractivity (Wildman–Crippen MR) is 71.3 cm³/mol. The number of nitrogen functional groups attached to an aromatic ring is 1. The number of thioether (sulfide) groups is 1. The molecule has 0 aromatic heterocycles. The van der Waals surface area contributed by atoms with Crippen LogP contribution in [0.2, 0.25) is 0 Å². The molecule has 0 atom stereocenters. The van der Waals surface area contributed by atoms with E-state index in [2.05, 4.69) is 19.2 Å². The van der Waals surface area contributed by atoms with Gasteiger partial charge < -0.3 is 15.8 Å². The molecule has 3 nitrogen and oxygen atoms in total. The van der Waals surface area contributed by atoms with Gasteiger partial charge in [-0.05, 0) is 12.1 Å². The monoisotopic (exact) mass is 240 g/mol. The molecule has 0 saturated carbocycles. The smallest absolute Gasteiger partial charge is 0.134 e. The molecule has 90 valence electrons. The Morgan fingerprint density at radius 2 is 2.19 bits per heavy atom. The van der Waals surface area contributed by atoms with Gasteiger partial charge in [-0.3, -0.25) is 0 Å². The summed E-state index contributed by atoms with van der Waals surface area (Å²) in [5.41, 5.74) is 6.43. The molecule has 16 heavy (non-hydrogen) atoms. The molecule has 0 unspecified atom stereocenters. The van der Waals surface area contributed by atoms with Crippen LogP contribution in [-0.4, -0.2) is 25.4 Å². The van der Waals surface area contributed by atoms with E-state index in [9.17, 15) is 0 Å². The van der Waals surface area contributed by atoms with Gasteiger partial charge in [0.2, 0.25) is 0 Å². The molecular weight excluding hydrogens is 220 g/mol. The van der Waals surface area contributed by atoms with Gasteiger partial charge in [0.1, 0.15) is 5.75 Å². The number of methoxy groups -OCH3 is 1. The van der Waals surface area contributed by atoms with E-state index in [1.165, 1.54) is 0 Å². The highest BCUT2D eigenvalue weighted by atomic mass is 32.2. The van der Waals surface area contributed by atoms with Crippen LogP contribution >= 0.6 is 11.8 Å². The van der Waals surface area contributed by atoms with Gasteiger partial charge in [0.05, 0.1) is 7.11 Å². The number of benzene rings is 1. The molecule has 1 aromatic carbocycles. The van der Waals surface area contributed by atoms with E-state index < -0.39 is 0 Å². The molecule has 0 amide bonds.